The zero-order valence-corrected chi connectivity index (χ0v) is 17.7. The Morgan fingerprint density at radius 3 is 2.61 bits per heavy atom. The number of hydrogen-bond acceptors (Lipinski definition) is 4. The fourth-order valence-electron chi connectivity index (χ4n) is 3.56. The molecule has 150 valence electrons. The lowest BCUT2D eigenvalue weighted by molar-refractivity contribution is 0.136. The van der Waals surface area contributed by atoms with Gasteiger partial charge in [-0.2, -0.15) is 0 Å². The van der Waals surface area contributed by atoms with E-state index in [1.165, 1.54) is 16.7 Å². The number of hydrogen-bond donors (Lipinski definition) is 3. The highest BCUT2D eigenvalue weighted by molar-refractivity contribution is 6.33. The molecule has 4 nitrogen and oxygen atoms in total. The summed E-state index contributed by atoms with van der Waals surface area (Å²) >= 11 is 6.52. The molecule has 0 saturated heterocycles. The van der Waals surface area contributed by atoms with Gasteiger partial charge >= 0.3 is 0 Å². The smallest absolute Gasteiger partial charge is 0.0640 e. The van der Waals surface area contributed by atoms with Crippen LogP contribution in [0.5, 0.6) is 0 Å². The summed E-state index contributed by atoms with van der Waals surface area (Å²) in [5, 5.41) is 7.83. The van der Waals surface area contributed by atoms with Crippen LogP contribution in [-0.2, 0) is 24.2 Å². The van der Waals surface area contributed by atoms with E-state index in [0.29, 0.717) is 5.92 Å². The van der Waals surface area contributed by atoms with Crippen molar-refractivity contribution >= 4 is 23.0 Å². The predicted octanol–water partition coefficient (Wildman–Crippen LogP) is 4.79. The van der Waals surface area contributed by atoms with Crippen molar-refractivity contribution in [2.24, 2.45) is 5.92 Å². The van der Waals surface area contributed by atoms with Crippen LogP contribution in [-0.4, -0.2) is 20.2 Å². The van der Waals surface area contributed by atoms with Crippen molar-refractivity contribution in [1.29, 1.82) is 0 Å². The largest absolute Gasteiger partial charge is 0.380 e. The Hall–Kier alpha value is -2.01. The Kier molecular flexibility index (Phi) is 7.37. The van der Waals surface area contributed by atoms with Crippen LogP contribution in [0.15, 0.2) is 42.5 Å². The number of allylic oxidation sites excluding steroid dienone is 1. The van der Waals surface area contributed by atoms with Gasteiger partial charge in [-0.05, 0) is 60.2 Å². The predicted molar refractivity (Wildman–Crippen MR) is 118 cm³/mol. The Morgan fingerprint density at radius 2 is 1.89 bits per heavy atom. The lowest BCUT2D eigenvalue weighted by Crippen LogP contribution is -2.16. The standard InChI is InChI=1S/C23H30ClN3O/c1-16(2)14-22(27-28-3)19-6-4-17(5-7-19)15-26-23-20-11-13-25-12-10-18(20)8-9-21(23)24/h4-9,14,16,25-27H,10-13,15H2,1-3H3. The minimum Gasteiger partial charge on any atom is -0.380 e. The summed E-state index contributed by atoms with van der Waals surface area (Å²) in [5.41, 5.74) is 10.1. The first-order valence-corrected chi connectivity index (χ1v) is 10.3. The Labute approximate surface area is 173 Å². The van der Waals surface area contributed by atoms with Crippen LogP contribution in [0.25, 0.3) is 5.70 Å². The van der Waals surface area contributed by atoms with Gasteiger partial charge in [0.2, 0.25) is 0 Å². The second-order valence-electron chi connectivity index (χ2n) is 7.49. The van der Waals surface area contributed by atoms with Crippen molar-refractivity contribution in [2.75, 3.05) is 25.5 Å². The van der Waals surface area contributed by atoms with E-state index in [0.717, 1.165) is 54.4 Å². The third kappa shape index (κ3) is 5.28. The van der Waals surface area contributed by atoms with Gasteiger partial charge in [-0.3, -0.25) is 10.3 Å². The van der Waals surface area contributed by atoms with E-state index in [2.05, 4.69) is 66.4 Å². The van der Waals surface area contributed by atoms with Gasteiger partial charge < -0.3 is 10.6 Å². The van der Waals surface area contributed by atoms with Gasteiger partial charge in [0.1, 0.15) is 0 Å². The number of halogens is 1. The van der Waals surface area contributed by atoms with Crippen molar-refractivity contribution < 1.29 is 4.84 Å². The Balaban J connectivity index is 1.74. The van der Waals surface area contributed by atoms with Crippen molar-refractivity contribution in [2.45, 2.75) is 33.2 Å². The molecule has 2 aromatic rings. The highest BCUT2D eigenvalue weighted by Crippen LogP contribution is 2.31. The molecule has 2 aromatic carbocycles. The van der Waals surface area contributed by atoms with Crippen LogP contribution in [0.1, 0.15) is 36.1 Å². The van der Waals surface area contributed by atoms with Gasteiger partial charge in [-0.15, -0.1) is 0 Å². The van der Waals surface area contributed by atoms with E-state index >= 15 is 0 Å². The summed E-state index contributed by atoms with van der Waals surface area (Å²) in [6, 6.07) is 12.7. The van der Waals surface area contributed by atoms with E-state index < -0.39 is 0 Å². The molecule has 3 rings (SSSR count). The summed E-state index contributed by atoms with van der Waals surface area (Å²) < 4.78 is 0. The topological polar surface area (TPSA) is 45.3 Å². The molecular formula is C23H30ClN3O. The molecule has 5 heteroatoms. The summed E-state index contributed by atoms with van der Waals surface area (Å²) in [5.74, 6) is 0.434. The molecule has 0 atom stereocenters. The van der Waals surface area contributed by atoms with Crippen LogP contribution in [0.2, 0.25) is 5.02 Å². The van der Waals surface area contributed by atoms with E-state index in [9.17, 15) is 0 Å². The van der Waals surface area contributed by atoms with Crippen LogP contribution < -0.4 is 16.1 Å². The van der Waals surface area contributed by atoms with Crippen LogP contribution in [0, 0.1) is 5.92 Å². The minimum atomic E-state index is 0.434. The molecule has 0 spiro atoms. The van der Waals surface area contributed by atoms with Crippen molar-refractivity contribution in [3.05, 3.63) is 69.8 Å². The minimum absolute atomic E-state index is 0.434. The first-order valence-electron chi connectivity index (χ1n) is 9.93. The molecule has 0 aromatic heterocycles. The lowest BCUT2D eigenvalue weighted by atomic mass is 10.0. The first kappa shape index (κ1) is 20.7. The van der Waals surface area contributed by atoms with E-state index in [-0.39, 0.29) is 0 Å². The van der Waals surface area contributed by atoms with Crippen molar-refractivity contribution in [3.63, 3.8) is 0 Å². The molecule has 1 heterocycles. The molecule has 1 aliphatic heterocycles. The number of rotatable bonds is 7. The molecule has 28 heavy (non-hydrogen) atoms. The normalized spacial score (nSPS) is 14.5. The molecule has 0 fully saturated rings. The molecule has 3 N–H and O–H groups in total. The average molecular weight is 400 g/mol. The SMILES string of the molecule is CONC(=CC(C)C)c1ccc(CNc2c(Cl)ccc3c2CCNCC3)cc1. The van der Waals surface area contributed by atoms with E-state index in [1.807, 2.05) is 6.07 Å². The zero-order chi connectivity index (χ0) is 19.9. The summed E-state index contributed by atoms with van der Waals surface area (Å²) in [6.45, 7) is 7.06. The van der Waals surface area contributed by atoms with Crippen molar-refractivity contribution in [3.8, 4) is 0 Å². The van der Waals surface area contributed by atoms with Gasteiger partial charge in [0.15, 0.2) is 0 Å². The zero-order valence-electron chi connectivity index (χ0n) is 16.9. The van der Waals surface area contributed by atoms with E-state index in [4.69, 9.17) is 16.4 Å². The Bertz CT molecular complexity index is 815. The van der Waals surface area contributed by atoms with Crippen LogP contribution in [0.3, 0.4) is 0 Å². The summed E-state index contributed by atoms with van der Waals surface area (Å²) in [7, 11) is 1.63. The van der Waals surface area contributed by atoms with Crippen molar-refractivity contribution in [1.82, 2.24) is 10.8 Å². The van der Waals surface area contributed by atoms with Gasteiger partial charge in [0.05, 0.1) is 23.5 Å². The number of fused-ring (bicyclic) bond motifs is 1. The third-order valence-corrected chi connectivity index (χ3v) is 5.24. The molecule has 0 bridgehead atoms. The van der Waals surface area contributed by atoms with Gasteiger partial charge in [-0.1, -0.05) is 61.9 Å². The fraction of sp³-hybridized carbons (Fsp3) is 0.391. The quantitative estimate of drug-likeness (QED) is 0.586. The number of benzene rings is 2. The lowest BCUT2D eigenvalue weighted by Gasteiger charge is -2.17. The second kappa shape index (κ2) is 9.97. The van der Waals surface area contributed by atoms with Gasteiger partial charge in [0.25, 0.3) is 0 Å². The maximum atomic E-state index is 6.52. The van der Waals surface area contributed by atoms with Crippen LogP contribution >= 0.6 is 11.6 Å². The monoisotopic (exact) mass is 399 g/mol. The summed E-state index contributed by atoms with van der Waals surface area (Å²) in [4.78, 5) is 5.12. The third-order valence-electron chi connectivity index (χ3n) is 4.93. The number of nitrogens with one attached hydrogen (secondary N) is 3. The Morgan fingerprint density at radius 1 is 1.14 bits per heavy atom. The maximum Gasteiger partial charge on any atom is 0.0640 e. The van der Waals surface area contributed by atoms with Gasteiger partial charge in [0, 0.05) is 6.54 Å². The molecular weight excluding hydrogens is 370 g/mol. The molecule has 0 amide bonds. The fourth-order valence-corrected chi connectivity index (χ4v) is 3.80. The maximum absolute atomic E-state index is 6.52. The molecule has 0 unspecified atom stereocenters. The molecule has 0 radical (unpaired) electrons. The average Bonchev–Trinajstić information content (AvgIpc) is 2.93. The second-order valence-corrected chi connectivity index (χ2v) is 7.90. The van der Waals surface area contributed by atoms with Gasteiger partial charge in [-0.25, -0.2) is 0 Å². The van der Waals surface area contributed by atoms with Crippen LogP contribution in [0.4, 0.5) is 5.69 Å². The molecule has 0 saturated carbocycles. The van der Waals surface area contributed by atoms with E-state index in [1.54, 1.807) is 7.11 Å². The number of hydroxylamine groups is 1. The summed E-state index contributed by atoms with van der Waals surface area (Å²) in [6.07, 6.45) is 4.21. The molecule has 0 aliphatic carbocycles. The number of anilines is 1. The molecule has 1 aliphatic rings. The highest BCUT2D eigenvalue weighted by Gasteiger charge is 2.14. The first-order chi connectivity index (χ1) is 13.6. The highest BCUT2D eigenvalue weighted by atomic mass is 35.5.